The molecule has 0 aromatic rings. The van der Waals surface area contributed by atoms with Gasteiger partial charge in [-0.25, -0.2) is 0 Å². The summed E-state index contributed by atoms with van der Waals surface area (Å²) in [5.74, 6) is 0. The van der Waals surface area contributed by atoms with Gasteiger partial charge in [0.1, 0.15) is 6.10 Å². The first-order valence-electron chi connectivity index (χ1n) is 5.48. The van der Waals surface area contributed by atoms with E-state index >= 15 is 0 Å². The van der Waals surface area contributed by atoms with Crippen molar-refractivity contribution in [3.8, 4) is 0 Å². The van der Waals surface area contributed by atoms with E-state index in [-0.39, 0.29) is 26.1 Å². The third kappa shape index (κ3) is 3.03. The first-order valence-corrected chi connectivity index (χ1v) is 7.02. The summed E-state index contributed by atoms with van der Waals surface area (Å²) in [7, 11) is -4.57. The predicted octanol–water partition coefficient (Wildman–Crippen LogP) is 2.34. The molecule has 1 aliphatic heterocycles. The van der Waals surface area contributed by atoms with Gasteiger partial charge in [0.15, 0.2) is 6.29 Å². The maximum atomic E-state index is 14.0. The highest BCUT2D eigenvalue weighted by molar-refractivity contribution is 7.55. The Balaban J connectivity index is 2.87. The lowest BCUT2D eigenvalue weighted by molar-refractivity contribution is -0.150. The van der Waals surface area contributed by atoms with Gasteiger partial charge >= 0.3 is 13.3 Å². The van der Waals surface area contributed by atoms with Crippen LogP contribution in [0.15, 0.2) is 0 Å². The molecule has 0 spiro atoms. The lowest BCUT2D eigenvalue weighted by Gasteiger charge is -2.29. The molecule has 0 aliphatic carbocycles. The number of halogens is 2. The predicted molar refractivity (Wildman–Crippen MR) is 55.9 cm³/mol. The highest BCUT2D eigenvalue weighted by Gasteiger charge is 2.61. The molecule has 0 bridgehead atoms. The lowest BCUT2D eigenvalue weighted by Crippen LogP contribution is -2.35. The minimum Gasteiger partial charge on any atom is -0.368 e. The van der Waals surface area contributed by atoms with Crippen LogP contribution in [0.2, 0.25) is 0 Å². The van der Waals surface area contributed by atoms with E-state index < -0.39 is 25.7 Å². The van der Waals surface area contributed by atoms with E-state index in [0.717, 1.165) is 0 Å². The number of alkyl halides is 2. The van der Waals surface area contributed by atoms with Crippen LogP contribution in [-0.4, -0.2) is 36.4 Å². The Morgan fingerprint density at radius 1 is 1.35 bits per heavy atom. The van der Waals surface area contributed by atoms with Crippen LogP contribution in [0.3, 0.4) is 0 Å². The summed E-state index contributed by atoms with van der Waals surface area (Å²) < 4.78 is 53.8. The number of aliphatic hydroxyl groups is 1. The molecule has 17 heavy (non-hydrogen) atoms. The number of aliphatic hydroxyl groups excluding tert-OH is 1. The molecular weight excluding hydrogens is 257 g/mol. The molecule has 1 fully saturated rings. The molecule has 0 radical (unpaired) electrons. The third-order valence-electron chi connectivity index (χ3n) is 2.35. The second-order valence-electron chi connectivity index (χ2n) is 3.58. The van der Waals surface area contributed by atoms with Crippen molar-refractivity contribution in [3.05, 3.63) is 0 Å². The topological polar surface area (TPSA) is 65.0 Å². The maximum Gasteiger partial charge on any atom is 0.402 e. The average Bonchev–Trinajstić information content (AvgIpc) is 2.66. The van der Waals surface area contributed by atoms with Crippen molar-refractivity contribution >= 4 is 7.60 Å². The van der Waals surface area contributed by atoms with E-state index in [0.29, 0.717) is 0 Å². The molecule has 1 saturated heterocycles. The fourth-order valence-corrected chi connectivity index (χ4v) is 3.24. The lowest BCUT2D eigenvalue weighted by atomic mass is 10.2. The van der Waals surface area contributed by atoms with Gasteiger partial charge < -0.3 is 18.9 Å². The fourth-order valence-electron chi connectivity index (χ4n) is 1.60. The molecular formula is C9H17F2O5P. The zero-order chi connectivity index (χ0) is 13.1. The van der Waals surface area contributed by atoms with Crippen molar-refractivity contribution in [3.63, 3.8) is 0 Å². The second-order valence-corrected chi connectivity index (χ2v) is 5.69. The summed E-state index contributed by atoms with van der Waals surface area (Å²) in [4.78, 5) is 0. The smallest absolute Gasteiger partial charge is 0.368 e. The number of hydrogen-bond donors (Lipinski definition) is 1. The van der Waals surface area contributed by atoms with Gasteiger partial charge in [0.2, 0.25) is 0 Å². The molecule has 0 saturated carbocycles. The fraction of sp³-hybridized carbons (Fsp3) is 1.00. The van der Waals surface area contributed by atoms with Gasteiger partial charge in [-0.05, 0) is 20.3 Å². The van der Waals surface area contributed by atoms with Crippen LogP contribution in [0.1, 0.15) is 26.7 Å². The molecule has 2 atom stereocenters. The Kier molecular flexibility index (Phi) is 5.04. The summed E-state index contributed by atoms with van der Waals surface area (Å²) in [6, 6.07) is 0. The van der Waals surface area contributed by atoms with Gasteiger partial charge in [0.05, 0.1) is 13.2 Å². The highest BCUT2D eigenvalue weighted by atomic mass is 31.2. The van der Waals surface area contributed by atoms with E-state index in [1.807, 2.05) is 0 Å². The van der Waals surface area contributed by atoms with Crippen LogP contribution < -0.4 is 0 Å². The van der Waals surface area contributed by atoms with Gasteiger partial charge in [-0.3, -0.25) is 4.57 Å². The minimum absolute atomic E-state index is 0.0819. The number of rotatable bonds is 6. The Morgan fingerprint density at radius 2 is 1.88 bits per heavy atom. The summed E-state index contributed by atoms with van der Waals surface area (Å²) in [5.41, 5.74) is -3.75. The van der Waals surface area contributed by atoms with Crippen LogP contribution in [0.25, 0.3) is 0 Å². The van der Waals surface area contributed by atoms with Crippen molar-refractivity contribution in [2.75, 3.05) is 13.2 Å². The van der Waals surface area contributed by atoms with Gasteiger partial charge in [-0.15, -0.1) is 0 Å². The van der Waals surface area contributed by atoms with E-state index in [1.165, 1.54) is 13.8 Å². The Bertz CT molecular complexity index is 289. The van der Waals surface area contributed by atoms with Crippen molar-refractivity contribution < 1.29 is 32.2 Å². The van der Waals surface area contributed by atoms with Gasteiger partial charge in [0, 0.05) is 6.42 Å². The summed E-state index contributed by atoms with van der Waals surface area (Å²) in [5, 5.41) is 9.06. The summed E-state index contributed by atoms with van der Waals surface area (Å²) >= 11 is 0. The van der Waals surface area contributed by atoms with E-state index in [2.05, 4.69) is 13.8 Å². The molecule has 1 N–H and O–H groups in total. The van der Waals surface area contributed by atoms with Crippen LogP contribution in [0.5, 0.6) is 0 Å². The molecule has 1 heterocycles. The van der Waals surface area contributed by atoms with Crippen LogP contribution in [0, 0.1) is 0 Å². The van der Waals surface area contributed by atoms with Crippen LogP contribution in [-0.2, 0) is 18.3 Å². The molecule has 0 unspecified atom stereocenters. The first-order chi connectivity index (χ1) is 7.87. The van der Waals surface area contributed by atoms with Crippen LogP contribution in [0.4, 0.5) is 8.78 Å². The molecule has 102 valence electrons. The van der Waals surface area contributed by atoms with E-state index in [4.69, 9.17) is 5.11 Å². The van der Waals surface area contributed by atoms with Crippen molar-refractivity contribution in [2.24, 2.45) is 0 Å². The molecule has 8 heteroatoms. The number of ether oxygens (including phenoxy) is 1. The van der Waals surface area contributed by atoms with Gasteiger partial charge in [-0.2, -0.15) is 8.78 Å². The van der Waals surface area contributed by atoms with Crippen molar-refractivity contribution in [1.82, 2.24) is 0 Å². The Hall–Kier alpha value is -0.0700. The third-order valence-corrected chi connectivity index (χ3v) is 4.56. The Morgan fingerprint density at radius 3 is 2.24 bits per heavy atom. The molecule has 1 aliphatic rings. The molecule has 1 rings (SSSR count). The molecule has 0 aromatic carbocycles. The average molecular weight is 274 g/mol. The first kappa shape index (κ1) is 15.0. The van der Waals surface area contributed by atoms with Crippen LogP contribution >= 0.6 is 7.60 Å². The second kappa shape index (κ2) is 5.71. The monoisotopic (exact) mass is 274 g/mol. The zero-order valence-corrected chi connectivity index (χ0v) is 10.7. The normalized spacial score (nSPS) is 26.4. The highest BCUT2D eigenvalue weighted by Crippen LogP contribution is 2.64. The standard InChI is InChI=1S/C9H17F2O5P/c1-3-14-17(13,15-4-2)9(10,11)7-5-6-8(12)16-7/h7-8,12H,3-6H2,1-2H3/t7-,8+/m0/s1. The van der Waals surface area contributed by atoms with E-state index in [1.54, 1.807) is 0 Å². The van der Waals surface area contributed by atoms with Gasteiger partial charge in [0.25, 0.3) is 0 Å². The van der Waals surface area contributed by atoms with Crippen molar-refractivity contribution in [1.29, 1.82) is 0 Å². The molecule has 0 amide bonds. The number of hydrogen-bond acceptors (Lipinski definition) is 5. The summed E-state index contributed by atoms with van der Waals surface area (Å²) in [6.07, 6.45) is -2.89. The quantitative estimate of drug-likeness (QED) is 0.753. The molecule has 5 nitrogen and oxygen atoms in total. The molecule has 0 aromatic heterocycles. The zero-order valence-electron chi connectivity index (χ0n) is 9.77. The maximum absolute atomic E-state index is 14.0. The van der Waals surface area contributed by atoms with E-state index in [9.17, 15) is 13.3 Å². The van der Waals surface area contributed by atoms with Gasteiger partial charge in [-0.1, -0.05) is 0 Å². The van der Waals surface area contributed by atoms with Crippen molar-refractivity contribution in [2.45, 2.75) is 44.7 Å². The largest absolute Gasteiger partial charge is 0.402 e. The minimum atomic E-state index is -4.57. The summed E-state index contributed by atoms with van der Waals surface area (Å²) in [6.45, 7) is 2.60. The SMILES string of the molecule is CCOP(=O)(OCC)C(F)(F)[C@@H]1CC[C@H](O)O1. The Labute approximate surface area is 98.6 Å².